The van der Waals surface area contributed by atoms with Crippen LogP contribution in [0.5, 0.6) is 11.5 Å². The van der Waals surface area contributed by atoms with E-state index in [9.17, 15) is 9.59 Å². The summed E-state index contributed by atoms with van der Waals surface area (Å²) in [7, 11) is 3.08. The van der Waals surface area contributed by atoms with Crippen molar-refractivity contribution in [1.29, 1.82) is 0 Å². The van der Waals surface area contributed by atoms with Crippen LogP contribution in [0.4, 0.5) is 5.69 Å². The first-order chi connectivity index (χ1) is 15.5. The minimum absolute atomic E-state index is 0.0394. The first-order valence-electron chi connectivity index (χ1n) is 10.2. The predicted octanol–water partition coefficient (Wildman–Crippen LogP) is 3.54. The third-order valence-electron chi connectivity index (χ3n) is 5.25. The molecule has 0 atom stereocenters. The molecule has 0 radical (unpaired) electrons. The Hall–Kier alpha value is -4.07. The lowest BCUT2D eigenvalue weighted by atomic mass is 10.1. The first-order valence-corrected chi connectivity index (χ1v) is 10.2. The summed E-state index contributed by atoms with van der Waals surface area (Å²) in [6, 6.07) is 14.8. The van der Waals surface area contributed by atoms with Crippen LogP contribution in [0.15, 0.2) is 65.8 Å². The van der Waals surface area contributed by atoms with Crippen LogP contribution >= 0.6 is 0 Å². The molecule has 2 heterocycles. The van der Waals surface area contributed by atoms with Crippen molar-refractivity contribution in [1.82, 2.24) is 14.1 Å². The van der Waals surface area contributed by atoms with Crippen molar-refractivity contribution < 1.29 is 14.3 Å². The van der Waals surface area contributed by atoms with Crippen molar-refractivity contribution >= 4 is 22.6 Å². The van der Waals surface area contributed by atoms with Gasteiger partial charge in [-0.25, -0.2) is 4.98 Å². The second-order valence-electron chi connectivity index (χ2n) is 7.19. The fraction of sp³-hybridized carbons (Fsp3) is 0.208. The highest BCUT2D eigenvalue weighted by molar-refractivity contribution is 5.95. The van der Waals surface area contributed by atoms with Crippen LogP contribution in [-0.2, 0) is 17.9 Å². The fourth-order valence-electron chi connectivity index (χ4n) is 3.66. The van der Waals surface area contributed by atoms with E-state index in [-0.39, 0.29) is 18.0 Å². The van der Waals surface area contributed by atoms with Gasteiger partial charge in [0.05, 0.1) is 20.5 Å². The molecule has 0 bridgehead atoms. The average molecular weight is 432 g/mol. The number of ether oxygens (including phenoxy) is 2. The van der Waals surface area contributed by atoms with E-state index in [4.69, 9.17) is 9.47 Å². The Morgan fingerprint density at radius 3 is 2.47 bits per heavy atom. The molecule has 0 fully saturated rings. The van der Waals surface area contributed by atoms with E-state index in [1.165, 1.54) is 11.7 Å². The molecule has 1 N–H and O–H groups in total. The SMILES string of the molecule is CCn1cnc2c(-c3ccccc3)cn(CC(=O)Nc3ccc(OC)c(OC)c3)c2c1=O. The number of amides is 1. The Labute approximate surface area is 185 Å². The minimum atomic E-state index is -0.278. The number of hydrogen-bond donors (Lipinski definition) is 1. The van der Waals surface area contributed by atoms with Crippen LogP contribution in [0.2, 0.25) is 0 Å². The quantitative estimate of drug-likeness (QED) is 0.483. The summed E-state index contributed by atoms with van der Waals surface area (Å²) in [5.74, 6) is 0.804. The van der Waals surface area contributed by atoms with Gasteiger partial charge in [-0.1, -0.05) is 30.3 Å². The highest BCUT2D eigenvalue weighted by atomic mass is 16.5. The number of nitrogens with zero attached hydrogens (tertiary/aromatic N) is 3. The van der Waals surface area contributed by atoms with Crippen LogP contribution in [0.1, 0.15) is 6.92 Å². The van der Waals surface area contributed by atoms with Crippen LogP contribution in [-0.4, -0.2) is 34.2 Å². The number of aromatic nitrogens is 3. The molecular weight excluding hydrogens is 408 g/mol. The number of anilines is 1. The summed E-state index contributed by atoms with van der Waals surface area (Å²) in [5, 5.41) is 2.85. The third-order valence-corrected chi connectivity index (χ3v) is 5.25. The molecule has 2 aromatic heterocycles. The first kappa shape index (κ1) is 21.2. The zero-order chi connectivity index (χ0) is 22.7. The Kier molecular flexibility index (Phi) is 5.93. The van der Waals surface area contributed by atoms with Gasteiger partial charge in [-0.3, -0.25) is 14.2 Å². The number of methoxy groups -OCH3 is 2. The molecular formula is C24H24N4O4. The van der Waals surface area contributed by atoms with Gasteiger partial charge in [0.1, 0.15) is 17.6 Å². The number of rotatable bonds is 7. The van der Waals surface area contributed by atoms with Gasteiger partial charge >= 0.3 is 0 Å². The van der Waals surface area contributed by atoms with E-state index < -0.39 is 0 Å². The summed E-state index contributed by atoms with van der Waals surface area (Å²) >= 11 is 0. The molecule has 32 heavy (non-hydrogen) atoms. The Morgan fingerprint density at radius 1 is 1.03 bits per heavy atom. The molecule has 0 aliphatic heterocycles. The molecule has 164 valence electrons. The summed E-state index contributed by atoms with van der Waals surface area (Å²) in [4.78, 5) is 30.4. The third kappa shape index (κ3) is 3.94. The molecule has 0 aliphatic carbocycles. The molecule has 0 spiro atoms. The predicted molar refractivity (Wildman–Crippen MR) is 123 cm³/mol. The molecule has 8 heteroatoms. The van der Waals surface area contributed by atoms with Crippen molar-refractivity contribution in [3.63, 3.8) is 0 Å². The maximum atomic E-state index is 13.1. The van der Waals surface area contributed by atoms with Crippen LogP contribution in [0, 0.1) is 0 Å². The fourth-order valence-corrected chi connectivity index (χ4v) is 3.66. The summed E-state index contributed by atoms with van der Waals surface area (Å²) in [6.45, 7) is 2.33. The van der Waals surface area contributed by atoms with E-state index >= 15 is 0 Å². The second-order valence-corrected chi connectivity index (χ2v) is 7.19. The highest BCUT2D eigenvalue weighted by Crippen LogP contribution is 2.30. The number of carbonyl (C=O) groups excluding carboxylic acids is 1. The molecule has 0 unspecified atom stereocenters. The number of carbonyl (C=O) groups is 1. The smallest absolute Gasteiger partial charge is 0.277 e. The highest BCUT2D eigenvalue weighted by Gasteiger charge is 2.18. The van der Waals surface area contributed by atoms with Gasteiger partial charge in [0.2, 0.25) is 5.91 Å². The van der Waals surface area contributed by atoms with E-state index in [0.29, 0.717) is 34.8 Å². The topological polar surface area (TPSA) is 87.4 Å². The van der Waals surface area contributed by atoms with Gasteiger partial charge < -0.3 is 19.4 Å². The molecule has 8 nitrogen and oxygen atoms in total. The Balaban J connectivity index is 1.71. The maximum absolute atomic E-state index is 13.1. The number of aryl methyl sites for hydroxylation is 1. The Bertz CT molecular complexity index is 1330. The van der Waals surface area contributed by atoms with Crippen LogP contribution in [0.25, 0.3) is 22.2 Å². The number of fused-ring (bicyclic) bond motifs is 1. The molecule has 0 aliphatic rings. The standard InChI is InChI=1S/C24H24N4O4/c1-4-27-15-25-22-18(16-8-6-5-7-9-16)13-28(23(22)24(27)30)14-21(29)26-17-10-11-19(31-2)20(12-17)32-3/h5-13,15H,4,14H2,1-3H3,(H,26,29). The van der Waals surface area contributed by atoms with Gasteiger partial charge in [0.15, 0.2) is 11.5 Å². The van der Waals surface area contributed by atoms with Gasteiger partial charge in [-0.15, -0.1) is 0 Å². The minimum Gasteiger partial charge on any atom is -0.493 e. The number of nitrogens with one attached hydrogen (secondary N) is 1. The normalized spacial score (nSPS) is 10.8. The summed E-state index contributed by atoms with van der Waals surface area (Å²) in [5.41, 5.74) is 3.09. The average Bonchev–Trinajstić information content (AvgIpc) is 3.18. The van der Waals surface area contributed by atoms with Gasteiger partial charge in [-0.05, 0) is 24.6 Å². The van der Waals surface area contributed by atoms with Crippen molar-refractivity contribution in [2.24, 2.45) is 0 Å². The number of benzene rings is 2. The lowest BCUT2D eigenvalue weighted by molar-refractivity contribution is -0.116. The number of hydrogen-bond acceptors (Lipinski definition) is 5. The summed E-state index contributed by atoms with van der Waals surface area (Å²) in [6.07, 6.45) is 3.35. The van der Waals surface area contributed by atoms with E-state index in [0.717, 1.165) is 11.1 Å². The van der Waals surface area contributed by atoms with Crippen LogP contribution < -0.4 is 20.3 Å². The van der Waals surface area contributed by atoms with Gasteiger partial charge in [0, 0.05) is 30.1 Å². The maximum Gasteiger partial charge on any atom is 0.277 e. The summed E-state index contributed by atoms with van der Waals surface area (Å²) < 4.78 is 13.7. The van der Waals surface area contributed by atoms with Gasteiger partial charge in [-0.2, -0.15) is 0 Å². The largest absolute Gasteiger partial charge is 0.493 e. The van der Waals surface area contributed by atoms with E-state index in [1.54, 1.807) is 36.2 Å². The lowest BCUT2D eigenvalue weighted by Gasteiger charge is -2.11. The molecule has 0 saturated heterocycles. The molecule has 4 aromatic rings. The Morgan fingerprint density at radius 2 is 1.78 bits per heavy atom. The van der Waals surface area contributed by atoms with Crippen molar-refractivity contribution in [3.8, 4) is 22.6 Å². The zero-order valence-electron chi connectivity index (χ0n) is 18.2. The molecule has 4 rings (SSSR count). The van der Waals surface area contributed by atoms with E-state index in [2.05, 4.69) is 10.3 Å². The van der Waals surface area contributed by atoms with E-state index in [1.807, 2.05) is 43.5 Å². The van der Waals surface area contributed by atoms with Crippen molar-refractivity contribution in [3.05, 3.63) is 71.4 Å². The second kappa shape index (κ2) is 8.97. The van der Waals surface area contributed by atoms with Crippen LogP contribution in [0.3, 0.4) is 0 Å². The van der Waals surface area contributed by atoms with Gasteiger partial charge in [0.25, 0.3) is 5.56 Å². The van der Waals surface area contributed by atoms with Crippen molar-refractivity contribution in [2.45, 2.75) is 20.0 Å². The van der Waals surface area contributed by atoms with Crippen molar-refractivity contribution in [2.75, 3.05) is 19.5 Å². The lowest BCUT2D eigenvalue weighted by Crippen LogP contribution is -2.24. The molecule has 1 amide bonds. The zero-order valence-corrected chi connectivity index (χ0v) is 18.2. The molecule has 0 saturated carbocycles. The molecule has 2 aromatic carbocycles. The monoisotopic (exact) mass is 432 g/mol.